The molecule has 6 N–H and O–H groups in total. The van der Waals surface area contributed by atoms with Crippen molar-refractivity contribution in [1.29, 1.82) is 0 Å². The van der Waals surface area contributed by atoms with Crippen LogP contribution in [-0.4, -0.2) is 143 Å². The number of amides is 1. The number of hydrogen-bond donors (Lipinski definition) is 6. The molecule has 404 valence electrons. The highest BCUT2D eigenvalue weighted by Crippen LogP contribution is 2.58. The van der Waals surface area contributed by atoms with Crippen LogP contribution in [0.15, 0.2) is 72.3 Å². The van der Waals surface area contributed by atoms with E-state index in [0.717, 1.165) is 13.8 Å². The minimum Gasteiger partial charge on any atom is -0.455 e. The van der Waals surface area contributed by atoms with Gasteiger partial charge in [0.1, 0.15) is 48.0 Å². The summed E-state index contributed by atoms with van der Waals surface area (Å²) >= 11 is 0. The van der Waals surface area contributed by atoms with Gasteiger partial charge in [-0.2, -0.15) is 8.42 Å². The van der Waals surface area contributed by atoms with Gasteiger partial charge < -0.3 is 59.1 Å². The van der Waals surface area contributed by atoms with E-state index in [2.05, 4.69) is 10.6 Å². The Bertz CT molecular complexity index is 2450. The molecule has 22 nitrogen and oxygen atoms in total. The summed E-state index contributed by atoms with van der Waals surface area (Å²) in [5.74, 6) is -11.5. The molecule has 0 spiro atoms. The summed E-state index contributed by atoms with van der Waals surface area (Å²) in [6.07, 6.45) is -9.98. The zero-order chi connectivity index (χ0) is 54.9. The summed E-state index contributed by atoms with van der Waals surface area (Å²) < 4.78 is 71.3. The Balaban J connectivity index is 1.88. The number of ether oxygens (including phenoxy) is 7. The second kappa shape index (κ2) is 24.0. The zero-order valence-electron chi connectivity index (χ0n) is 42.6. The van der Waals surface area contributed by atoms with Gasteiger partial charge >= 0.3 is 35.9 Å². The average molecular weight is 1050 g/mol. The SMILES string of the molecule is CC[C@H](O)[C@@](C)(C(=O)[C@@H](C)O)[C@H]([C@H](OC(=O)c1ccccc1)[C@]1(O)C[C@H](OC(=O)[C@H](OC(=O)COC(=O)CCNCS(=O)(=O)O)[C@@H](NC(=O)OC(C)(C)C)c2ccccc2)C(C)=CC1(C)C)[C@]1(OC(C)=O)CO1. The maximum atomic E-state index is 14.9. The number of rotatable bonds is 24. The molecule has 0 bridgehead atoms. The van der Waals surface area contributed by atoms with Crippen molar-refractivity contribution in [3.8, 4) is 0 Å². The van der Waals surface area contributed by atoms with Gasteiger partial charge in [-0.1, -0.05) is 75.4 Å². The zero-order valence-corrected chi connectivity index (χ0v) is 43.4. The van der Waals surface area contributed by atoms with Crippen LogP contribution in [0, 0.1) is 16.7 Å². The fraction of sp³-hybridized carbons (Fsp3) is 0.580. The Labute approximate surface area is 424 Å². The number of carbonyl (C=O) groups excluding carboxylic acids is 7. The molecule has 1 fully saturated rings. The number of nitrogens with one attached hydrogen (secondary N) is 2. The van der Waals surface area contributed by atoms with Gasteiger partial charge in [-0.15, -0.1) is 0 Å². The smallest absolute Gasteiger partial charge is 0.408 e. The highest BCUT2D eigenvalue weighted by molar-refractivity contribution is 7.85. The highest BCUT2D eigenvalue weighted by Gasteiger charge is 2.73. The van der Waals surface area contributed by atoms with Crippen LogP contribution in [0.4, 0.5) is 4.79 Å². The van der Waals surface area contributed by atoms with Crippen molar-refractivity contribution in [2.24, 2.45) is 16.7 Å². The molecule has 23 heteroatoms. The number of epoxide rings is 1. The molecule has 0 aromatic heterocycles. The van der Waals surface area contributed by atoms with Crippen LogP contribution < -0.4 is 10.6 Å². The number of hydrogen-bond acceptors (Lipinski definition) is 20. The first-order valence-corrected chi connectivity index (χ1v) is 25.1. The molecule has 1 amide bonds. The Morgan fingerprint density at radius 1 is 0.918 bits per heavy atom. The molecular formula is C50H68N2O20S. The molecule has 10 atom stereocenters. The van der Waals surface area contributed by atoms with E-state index in [1.165, 1.54) is 44.2 Å². The second-order valence-electron chi connectivity index (χ2n) is 19.9. The summed E-state index contributed by atoms with van der Waals surface area (Å²) in [7, 11) is -4.40. The maximum absolute atomic E-state index is 14.9. The summed E-state index contributed by atoms with van der Waals surface area (Å²) in [4.78, 5) is 96.1. The van der Waals surface area contributed by atoms with Crippen LogP contribution in [0.3, 0.4) is 0 Å². The molecule has 0 unspecified atom stereocenters. The first-order valence-electron chi connectivity index (χ1n) is 23.5. The van der Waals surface area contributed by atoms with E-state index in [0.29, 0.717) is 5.57 Å². The molecule has 0 radical (unpaired) electrons. The number of Topliss-reactive ketones (excluding diaryl/α,β-unsaturated/α-hetero) is 1. The number of ketones is 1. The van der Waals surface area contributed by atoms with E-state index in [4.69, 9.17) is 37.7 Å². The maximum Gasteiger partial charge on any atom is 0.408 e. The van der Waals surface area contributed by atoms with Gasteiger partial charge in [-0.3, -0.25) is 18.9 Å². The molecule has 0 saturated carbocycles. The topological polar surface area (TPSA) is 327 Å². The fourth-order valence-corrected chi connectivity index (χ4v) is 9.40. The Kier molecular flexibility index (Phi) is 19.7. The first-order chi connectivity index (χ1) is 33.8. The summed E-state index contributed by atoms with van der Waals surface area (Å²) in [5.41, 5.74) is -6.90. The number of esters is 5. The van der Waals surface area contributed by atoms with Gasteiger partial charge in [0.15, 0.2) is 12.4 Å². The van der Waals surface area contributed by atoms with Crippen LogP contribution in [0.2, 0.25) is 0 Å². The average Bonchev–Trinajstić information content (AvgIpc) is 4.07. The monoisotopic (exact) mass is 1050 g/mol. The highest BCUT2D eigenvalue weighted by atomic mass is 32.2. The van der Waals surface area contributed by atoms with Crippen LogP contribution in [0.5, 0.6) is 0 Å². The predicted molar refractivity (Wildman–Crippen MR) is 256 cm³/mol. The quantitative estimate of drug-likeness (QED) is 0.0219. The van der Waals surface area contributed by atoms with E-state index in [9.17, 15) is 57.3 Å². The Morgan fingerprint density at radius 3 is 2.03 bits per heavy atom. The lowest BCUT2D eigenvalue weighted by molar-refractivity contribution is -0.239. The van der Waals surface area contributed by atoms with Crippen molar-refractivity contribution in [1.82, 2.24) is 10.6 Å². The summed E-state index contributed by atoms with van der Waals surface area (Å²) in [6.45, 7) is 12.6. The molecule has 2 aromatic rings. The van der Waals surface area contributed by atoms with Gasteiger partial charge in [0, 0.05) is 25.3 Å². The molecule has 73 heavy (non-hydrogen) atoms. The number of aliphatic hydroxyl groups excluding tert-OH is 2. The van der Waals surface area contributed by atoms with Crippen molar-refractivity contribution >= 4 is 51.8 Å². The van der Waals surface area contributed by atoms with Crippen LogP contribution >= 0.6 is 0 Å². The van der Waals surface area contributed by atoms with Crippen LogP contribution in [0.25, 0.3) is 0 Å². The third kappa shape index (κ3) is 15.4. The van der Waals surface area contributed by atoms with Crippen molar-refractivity contribution in [3.63, 3.8) is 0 Å². The number of aliphatic hydroxyl groups is 3. The Hall–Kier alpha value is -5.82. The second-order valence-corrected chi connectivity index (χ2v) is 21.3. The minimum absolute atomic E-state index is 0.0235. The standard InChI is InChI=1S/C50H68N2O20S/c1-11-35(55)48(10,41(58)30(3)53)40(50(27-67-50)71-31(4)54)42(70-43(59)33-20-16-13-17-21-33)49(62)25-34(29(2)24-47(49,8)9)68-44(60)39(69-37(57)26-66-36(56)22-23-51-28-73(63,64)65)38(32-18-14-12-15-19-32)52-45(61)72-46(5,6)7/h12-21,24,30,34-35,38-40,42,51,53,55,62H,11,22-23,25-28H2,1-10H3,(H,52,61)(H,63,64,65)/t30-,34+,35+,38+,39-,40+,42+,48-,49-,50-/m1/s1. The molecule has 1 heterocycles. The normalized spacial score (nSPS) is 22.7. The largest absolute Gasteiger partial charge is 0.455 e. The van der Waals surface area contributed by atoms with E-state index in [-0.39, 0.29) is 24.1 Å². The lowest BCUT2D eigenvalue weighted by Gasteiger charge is -2.55. The van der Waals surface area contributed by atoms with E-state index >= 15 is 0 Å². The first kappa shape index (κ1) is 59.7. The van der Waals surface area contributed by atoms with Gasteiger partial charge in [0.2, 0.25) is 11.9 Å². The molecule has 4 rings (SSSR count). The van der Waals surface area contributed by atoms with Crippen LogP contribution in [0.1, 0.15) is 110 Å². The third-order valence-corrected chi connectivity index (χ3v) is 13.2. The van der Waals surface area contributed by atoms with E-state index in [1.807, 2.05) is 0 Å². The molecule has 1 aliphatic carbocycles. The molecular weight excluding hydrogens is 981 g/mol. The molecule has 1 saturated heterocycles. The van der Waals surface area contributed by atoms with Crippen molar-refractivity contribution in [3.05, 3.63) is 83.4 Å². The van der Waals surface area contributed by atoms with Gasteiger partial charge in [0.25, 0.3) is 10.1 Å². The molecule has 2 aromatic carbocycles. The Morgan fingerprint density at radius 2 is 1.51 bits per heavy atom. The molecule has 1 aliphatic heterocycles. The van der Waals surface area contributed by atoms with Crippen molar-refractivity contribution in [2.45, 2.75) is 142 Å². The van der Waals surface area contributed by atoms with Crippen molar-refractivity contribution in [2.75, 3.05) is 25.6 Å². The summed E-state index contributed by atoms with van der Waals surface area (Å²) in [5, 5.41) is 41.3. The van der Waals surface area contributed by atoms with Crippen molar-refractivity contribution < 1.29 is 95.0 Å². The van der Waals surface area contributed by atoms with Gasteiger partial charge in [0.05, 0.1) is 29.4 Å². The predicted octanol–water partition coefficient (Wildman–Crippen LogP) is 3.41. The number of carbonyl (C=O) groups is 7. The number of benzene rings is 2. The van der Waals surface area contributed by atoms with E-state index < -0.39 is 154 Å². The summed E-state index contributed by atoms with van der Waals surface area (Å²) in [6, 6.07) is 13.7. The molecule has 2 aliphatic rings. The number of alkyl carbamates (subject to hydrolysis) is 1. The lowest BCUT2D eigenvalue weighted by Crippen LogP contribution is -2.68. The van der Waals surface area contributed by atoms with E-state index in [1.54, 1.807) is 77.9 Å². The van der Waals surface area contributed by atoms with Crippen LogP contribution in [-0.2, 0) is 67.2 Å². The lowest BCUT2D eigenvalue weighted by atomic mass is 9.55. The fourth-order valence-electron chi connectivity index (χ4n) is 8.99. The minimum atomic E-state index is -4.40. The van der Waals surface area contributed by atoms with Gasteiger partial charge in [-0.05, 0) is 71.2 Å². The van der Waals surface area contributed by atoms with Gasteiger partial charge in [-0.25, -0.2) is 19.2 Å². The third-order valence-electron chi connectivity index (χ3n) is 12.6.